The highest BCUT2D eigenvalue weighted by atomic mass is 16.5. The van der Waals surface area contributed by atoms with Gasteiger partial charge in [0, 0.05) is 57.8 Å². The lowest BCUT2D eigenvalue weighted by atomic mass is 9.66. The van der Waals surface area contributed by atoms with Crippen molar-refractivity contribution in [1.29, 1.82) is 0 Å². The number of nitrogens with zero attached hydrogens (tertiary/aromatic N) is 3. The topological polar surface area (TPSA) is 19.0 Å². The number of piperazine rings is 1. The lowest BCUT2D eigenvalue weighted by molar-refractivity contribution is 0.121. The van der Waals surface area contributed by atoms with Crippen LogP contribution in [-0.4, -0.2) is 63.9 Å². The van der Waals surface area contributed by atoms with Crippen LogP contribution in [0.25, 0.3) is 0 Å². The molecule has 32 heavy (non-hydrogen) atoms. The smallest absolute Gasteiger partial charge is 0.0762 e. The van der Waals surface area contributed by atoms with Crippen molar-refractivity contribution >= 4 is 11.4 Å². The summed E-state index contributed by atoms with van der Waals surface area (Å²) in [7, 11) is 1.86. The Morgan fingerprint density at radius 1 is 0.906 bits per heavy atom. The standard InChI is InChI=1S/C28H47N3O/c1-5-15-29-17-19-30(20-18-29)27-9-8-24(31-16-12-25(22-31)32-4)21-26(27)23-10-13-28(6-2,7-3)14-11-23/h8-9,21,23,25H,5-7,10-20,22H2,1-4H3. The second-order valence-corrected chi connectivity index (χ2v) is 10.6. The predicted molar refractivity (Wildman–Crippen MR) is 137 cm³/mol. The van der Waals surface area contributed by atoms with E-state index in [0.29, 0.717) is 17.4 Å². The fourth-order valence-corrected chi connectivity index (χ4v) is 6.54. The minimum absolute atomic E-state index is 0.383. The third-order valence-electron chi connectivity index (χ3n) is 9.09. The van der Waals surface area contributed by atoms with Crippen molar-refractivity contribution in [3.63, 3.8) is 0 Å². The van der Waals surface area contributed by atoms with Crippen LogP contribution in [0.15, 0.2) is 18.2 Å². The molecule has 0 aromatic heterocycles. The minimum atomic E-state index is 0.383. The molecule has 4 rings (SSSR count). The molecule has 2 heterocycles. The van der Waals surface area contributed by atoms with E-state index >= 15 is 0 Å². The van der Waals surface area contributed by atoms with Crippen LogP contribution in [0.5, 0.6) is 0 Å². The molecule has 0 spiro atoms. The normalized spacial score (nSPS) is 24.9. The first-order valence-corrected chi connectivity index (χ1v) is 13.5. The van der Waals surface area contributed by atoms with Gasteiger partial charge in [-0.25, -0.2) is 0 Å². The van der Waals surface area contributed by atoms with E-state index in [1.165, 1.54) is 89.0 Å². The number of methoxy groups -OCH3 is 1. The van der Waals surface area contributed by atoms with Crippen LogP contribution >= 0.6 is 0 Å². The Labute approximate surface area is 197 Å². The molecule has 1 saturated carbocycles. The number of anilines is 2. The molecule has 1 aromatic carbocycles. The predicted octanol–water partition coefficient (Wildman–Crippen LogP) is 5.91. The monoisotopic (exact) mass is 441 g/mol. The first-order valence-electron chi connectivity index (χ1n) is 13.5. The number of hydrogen-bond acceptors (Lipinski definition) is 4. The van der Waals surface area contributed by atoms with Gasteiger partial charge in [0.2, 0.25) is 0 Å². The zero-order valence-electron chi connectivity index (χ0n) is 21.2. The molecule has 2 aliphatic heterocycles. The molecule has 4 nitrogen and oxygen atoms in total. The molecule has 1 aliphatic carbocycles. The average molecular weight is 442 g/mol. The van der Waals surface area contributed by atoms with Crippen molar-refractivity contribution in [2.24, 2.45) is 5.41 Å². The van der Waals surface area contributed by atoms with E-state index in [2.05, 4.69) is 53.7 Å². The molecule has 1 unspecified atom stereocenters. The molecule has 2 saturated heterocycles. The molecule has 1 atom stereocenters. The zero-order valence-corrected chi connectivity index (χ0v) is 21.2. The molecule has 0 bridgehead atoms. The third-order valence-corrected chi connectivity index (χ3v) is 9.09. The Morgan fingerprint density at radius 3 is 2.22 bits per heavy atom. The summed E-state index contributed by atoms with van der Waals surface area (Å²) in [4.78, 5) is 7.87. The maximum absolute atomic E-state index is 5.65. The van der Waals surface area contributed by atoms with E-state index < -0.39 is 0 Å². The second-order valence-electron chi connectivity index (χ2n) is 10.6. The summed E-state index contributed by atoms with van der Waals surface area (Å²) < 4.78 is 5.65. The first kappa shape index (κ1) is 23.9. The van der Waals surface area contributed by atoms with E-state index in [1.807, 2.05) is 7.11 Å². The first-order chi connectivity index (χ1) is 15.6. The van der Waals surface area contributed by atoms with Crippen molar-refractivity contribution in [2.45, 2.75) is 84.2 Å². The van der Waals surface area contributed by atoms with Crippen molar-refractivity contribution in [2.75, 3.05) is 62.7 Å². The molecular weight excluding hydrogens is 394 g/mol. The van der Waals surface area contributed by atoms with E-state index in [9.17, 15) is 0 Å². The highest BCUT2D eigenvalue weighted by Crippen LogP contribution is 2.49. The summed E-state index contributed by atoms with van der Waals surface area (Å²) in [5.74, 6) is 0.714. The molecule has 4 heteroatoms. The van der Waals surface area contributed by atoms with Gasteiger partial charge in [0.05, 0.1) is 6.10 Å². The van der Waals surface area contributed by atoms with Crippen LogP contribution in [0.1, 0.15) is 83.6 Å². The average Bonchev–Trinajstić information content (AvgIpc) is 3.34. The summed E-state index contributed by atoms with van der Waals surface area (Å²) in [6.45, 7) is 15.3. The molecule has 3 fully saturated rings. The van der Waals surface area contributed by atoms with Gasteiger partial charge in [0.1, 0.15) is 0 Å². The summed E-state index contributed by atoms with van der Waals surface area (Å²) in [6.07, 6.45) is 11.0. The molecule has 0 N–H and O–H groups in total. The largest absolute Gasteiger partial charge is 0.380 e. The quantitative estimate of drug-likeness (QED) is 0.499. The van der Waals surface area contributed by atoms with Gasteiger partial charge in [-0.15, -0.1) is 0 Å². The molecule has 0 amide bonds. The van der Waals surface area contributed by atoms with Crippen LogP contribution in [0.4, 0.5) is 11.4 Å². The Hall–Kier alpha value is -1.26. The number of benzene rings is 1. The van der Waals surface area contributed by atoms with E-state index in [-0.39, 0.29) is 0 Å². The SMILES string of the molecule is CCCN1CCN(c2ccc(N3CCC(OC)C3)cc2C2CCC(CC)(CC)CC2)CC1. The van der Waals surface area contributed by atoms with E-state index in [4.69, 9.17) is 4.74 Å². The maximum atomic E-state index is 5.65. The number of hydrogen-bond donors (Lipinski definition) is 0. The minimum Gasteiger partial charge on any atom is -0.380 e. The highest BCUT2D eigenvalue weighted by molar-refractivity contribution is 5.64. The Morgan fingerprint density at radius 2 is 1.62 bits per heavy atom. The number of ether oxygens (including phenoxy) is 1. The second kappa shape index (κ2) is 10.8. The van der Waals surface area contributed by atoms with Crippen molar-refractivity contribution in [1.82, 2.24) is 4.90 Å². The maximum Gasteiger partial charge on any atom is 0.0762 e. The fraction of sp³-hybridized carbons (Fsp3) is 0.786. The third kappa shape index (κ3) is 5.12. The van der Waals surface area contributed by atoms with Crippen molar-refractivity contribution in [3.8, 4) is 0 Å². The van der Waals surface area contributed by atoms with Gasteiger partial charge in [-0.3, -0.25) is 4.90 Å². The van der Waals surface area contributed by atoms with Gasteiger partial charge in [-0.05, 0) is 80.2 Å². The zero-order chi connectivity index (χ0) is 22.6. The van der Waals surface area contributed by atoms with Crippen LogP contribution in [0.2, 0.25) is 0 Å². The van der Waals surface area contributed by atoms with E-state index in [0.717, 1.165) is 19.5 Å². The molecule has 3 aliphatic rings. The molecule has 180 valence electrons. The molecular formula is C28H47N3O. The lowest BCUT2D eigenvalue weighted by Crippen LogP contribution is -2.47. The van der Waals surface area contributed by atoms with Crippen molar-refractivity contribution in [3.05, 3.63) is 23.8 Å². The molecule has 1 aromatic rings. The number of rotatable bonds is 8. The summed E-state index contributed by atoms with van der Waals surface area (Å²) in [6, 6.07) is 7.42. The van der Waals surface area contributed by atoms with Crippen LogP contribution in [0, 0.1) is 5.41 Å². The summed E-state index contributed by atoms with van der Waals surface area (Å²) >= 11 is 0. The Balaban J connectivity index is 1.56. The van der Waals surface area contributed by atoms with E-state index in [1.54, 1.807) is 5.56 Å². The highest BCUT2D eigenvalue weighted by Gasteiger charge is 2.34. The summed E-state index contributed by atoms with van der Waals surface area (Å²) in [5, 5.41) is 0. The fourth-order valence-electron chi connectivity index (χ4n) is 6.54. The van der Waals surface area contributed by atoms with Gasteiger partial charge in [-0.1, -0.05) is 33.6 Å². The van der Waals surface area contributed by atoms with Gasteiger partial charge in [0.25, 0.3) is 0 Å². The van der Waals surface area contributed by atoms with Crippen LogP contribution in [0.3, 0.4) is 0 Å². The van der Waals surface area contributed by atoms with Gasteiger partial charge in [0.15, 0.2) is 0 Å². The van der Waals surface area contributed by atoms with Gasteiger partial charge >= 0.3 is 0 Å². The molecule has 0 radical (unpaired) electrons. The van der Waals surface area contributed by atoms with Crippen molar-refractivity contribution < 1.29 is 4.74 Å². The Bertz CT molecular complexity index is 713. The summed E-state index contributed by atoms with van der Waals surface area (Å²) in [5.41, 5.74) is 5.17. The lowest BCUT2D eigenvalue weighted by Gasteiger charge is -2.42. The van der Waals surface area contributed by atoms with Gasteiger partial charge in [-0.2, -0.15) is 0 Å². The van der Waals surface area contributed by atoms with Crippen LogP contribution in [-0.2, 0) is 4.74 Å². The van der Waals surface area contributed by atoms with Crippen LogP contribution < -0.4 is 9.80 Å². The Kier molecular flexibility index (Phi) is 8.04. The van der Waals surface area contributed by atoms with Gasteiger partial charge < -0.3 is 14.5 Å².